The van der Waals surface area contributed by atoms with Crippen LogP contribution in [0.4, 0.5) is 16.2 Å². The Morgan fingerprint density at radius 2 is 1.81 bits per heavy atom. The molecule has 144 valence electrons. The molecule has 0 bridgehead atoms. The van der Waals surface area contributed by atoms with Crippen LogP contribution in [0, 0.1) is 10.1 Å². The molecule has 0 atom stereocenters. The van der Waals surface area contributed by atoms with Gasteiger partial charge in [-0.25, -0.2) is 4.79 Å². The molecule has 0 saturated heterocycles. The predicted molar refractivity (Wildman–Crippen MR) is 98.7 cm³/mol. The first-order valence-corrected chi connectivity index (χ1v) is 8.76. The fourth-order valence-corrected chi connectivity index (χ4v) is 2.99. The van der Waals surface area contributed by atoms with Crippen molar-refractivity contribution >= 4 is 17.5 Å². The number of nitro groups is 1. The maximum Gasteiger partial charge on any atom is 0.407 e. The van der Waals surface area contributed by atoms with E-state index in [0.29, 0.717) is 11.4 Å². The molecule has 0 heterocycles. The van der Waals surface area contributed by atoms with Crippen molar-refractivity contribution in [3.8, 4) is 5.75 Å². The van der Waals surface area contributed by atoms with Crippen molar-refractivity contribution in [2.24, 2.45) is 0 Å². The summed E-state index contributed by atoms with van der Waals surface area (Å²) in [6.07, 6.45) is 2.77. The zero-order chi connectivity index (χ0) is 19.3. The SMILES string of the molecule is COc1ccc([N+](=O)[O-])c(NC2CCC(NC(=O)OC(C)(C)C)CC2)c1. The highest BCUT2D eigenvalue weighted by molar-refractivity contribution is 5.68. The van der Waals surface area contributed by atoms with Gasteiger partial charge in [-0.1, -0.05) is 0 Å². The highest BCUT2D eigenvalue weighted by atomic mass is 16.6. The lowest BCUT2D eigenvalue weighted by molar-refractivity contribution is -0.384. The van der Waals surface area contributed by atoms with Gasteiger partial charge in [-0.2, -0.15) is 0 Å². The lowest BCUT2D eigenvalue weighted by Crippen LogP contribution is -2.42. The van der Waals surface area contributed by atoms with Crippen LogP contribution < -0.4 is 15.4 Å². The molecule has 1 fully saturated rings. The number of alkyl carbamates (subject to hydrolysis) is 1. The largest absolute Gasteiger partial charge is 0.497 e. The van der Waals surface area contributed by atoms with Gasteiger partial charge in [0.25, 0.3) is 5.69 Å². The van der Waals surface area contributed by atoms with Crippen molar-refractivity contribution in [1.82, 2.24) is 5.32 Å². The summed E-state index contributed by atoms with van der Waals surface area (Å²) in [6.45, 7) is 5.48. The second-order valence-corrected chi connectivity index (χ2v) is 7.48. The number of benzene rings is 1. The van der Waals surface area contributed by atoms with Crippen LogP contribution in [0.15, 0.2) is 18.2 Å². The van der Waals surface area contributed by atoms with Crippen molar-refractivity contribution < 1.29 is 19.2 Å². The first-order valence-electron chi connectivity index (χ1n) is 8.76. The highest BCUT2D eigenvalue weighted by Crippen LogP contribution is 2.31. The lowest BCUT2D eigenvalue weighted by Gasteiger charge is -2.31. The molecule has 1 aliphatic carbocycles. The number of methoxy groups -OCH3 is 1. The van der Waals surface area contributed by atoms with Crippen molar-refractivity contribution in [3.63, 3.8) is 0 Å². The first-order chi connectivity index (χ1) is 12.2. The van der Waals surface area contributed by atoms with Gasteiger partial charge in [0.2, 0.25) is 0 Å². The molecule has 1 aromatic carbocycles. The summed E-state index contributed by atoms with van der Waals surface area (Å²) in [4.78, 5) is 22.7. The highest BCUT2D eigenvalue weighted by Gasteiger charge is 2.26. The Morgan fingerprint density at radius 1 is 1.19 bits per heavy atom. The Kier molecular flexibility index (Phi) is 6.28. The maximum absolute atomic E-state index is 11.9. The Morgan fingerprint density at radius 3 is 2.35 bits per heavy atom. The van der Waals surface area contributed by atoms with E-state index in [1.807, 2.05) is 20.8 Å². The number of nitro benzene ring substituents is 1. The summed E-state index contributed by atoms with van der Waals surface area (Å²) in [7, 11) is 1.53. The van der Waals surface area contributed by atoms with E-state index < -0.39 is 16.6 Å². The van der Waals surface area contributed by atoms with Crippen molar-refractivity contribution in [3.05, 3.63) is 28.3 Å². The van der Waals surface area contributed by atoms with Gasteiger partial charge in [-0.3, -0.25) is 10.1 Å². The molecular weight excluding hydrogens is 338 g/mol. The standard InChI is InChI=1S/C18H27N3O5/c1-18(2,3)26-17(22)20-13-7-5-12(6-8-13)19-15-11-14(25-4)9-10-16(15)21(23)24/h9-13,19H,5-8H2,1-4H3,(H,20,22). The number of anilines is 1. The van der Waals surface area contributed by atoms with Crippen LogP contribution in [-0.2, 0) is 4.74 Å². The quantitative estimate of drug-likeness (QED) is 0.607. The molecule has 8 heteroatoms. The van der Waals surface area contributed by atoms with Gasteiger partial charge in [0.15, 0.2) is 0 Å². The summed E-state index contributed by atoms with van der Waals surface area (Å²) < 4.78 is 10.4. The van der Waals surface area contributed by atoms with Gasteiger partial charge in [0.05, 0.1) is 12.0 Å². The fourth-order valence-electron chi connectivity index (χ4n) is 2.99. The minimum atomic E-state index is -0.520. The topological polar surface area (TPSA) is 103 Å². The van der Waals surface area contributed by atoms with Crippen LogP contribution in [0.25, 0.3) is 0 Å². The number of carbonyl (C=O) groups excluding carboxylic acids is 1. The Hall–Kier alpha value is -2.51. The molecule has 2 rings (SSSR count). The fraction of sp³-hybridized carbons (Fsp3) is 0.611. The molecule has 1 aliphatic rings. The third-order valence-electron chi connectivity index (χ3n) is 4.21. The molecule has 0 aliphatic heterocycles. The monoisotopic (exact) mass is 365 g/mol. The molecule has 1 aromatic rings. The van der Waals surface area contributed by atoms with Gasteiger partial charge < -0.3 is 20.1 Å². The van der Waals surface area contributed by atoms with E-state index in [1.54, 1.807) is 12.1 Å². The van der Waals surface area contributed by atoms with Crippen molar-refractivity contribution in [1.29, 1.82) is 0 Å². The molecule has 1 amide bonds. The normalized spacial score (nSPS) is 20.2. The molecule has 2 N–H and O–H groups in total. The lowest BCUT2D eigenvalue weighted by atomic mass is 9.91. The summed E-state index contributed by atoms with van der Waals surface area (Å²) >= 11 is 0. The summed E-state index contributed by atoms with van der Waals surface area (Å²) in [5, 5.41) is 17.4. The predicted octanol–water partition coefficient (Wildman–Crippen LogP) is 3.85. The van der Waals surface area contributed by atoms with E-state index in [4.69, 9.17) is 9.47 Å². The molecule has 8 nitrogen and oxygen atoms in total. The number of ether oxygens (including phenoxy) is 2. The van der Waals surface area contributed by atoms with Gasteiger partial charge in [0.1, 0.15) is 17.0 Å². The molecule has 26 heavy (non-hydrogen) atoms. The third kappa shape index (κ3) is 5.79. The van der Waals surface area contributed by atoms with E-state index >= 15 is 0 Å². The summed E-state index contributed by atoms with van der Waals surface area (Å²) in [5.41, 5.74) is -0.0357. The van der Waals surface area contributed by atoms with Gasteiger partial charge in [0, 0.05) is 24.2 Å². The molecule has 1 saturated carbocycles. The number of amides is 1. The summed E-state index contributed by atoms with van der Waals surface area (Å²) in [5.74, 6) is 0.568. The van der Waals surface area contributed by atoms with E-state index in [9.17, 15) is 14.9 Å². The second kappa shape index (κ2) is 8.25. The number of rotatable bonds is 5. The van der Waals surface area contributed by atoms with Crippen LogP contribution >= 0.6 is 0 Å². The van der Waals surface area contributed by atoms with Crippen LogP contribution in [0.5, 0.6) is 5.75 Å². The maximum atomic E-state index is 11.9. The van der Waals surface area contributed by atoms with Gasteiger partial charge in [-0.15, -0.1) is 0 Å². The number of nitrogens with zero attached hydrogens (tertiary/aromatic N) is 1. The number of hydrogen-bond acceptors (Lipinski definition) is 6. The average molecular weight is 365 g/mol. The molecule has 0 unspecified atom stereocenters. The molecule has 0 aromatic heterocycles. The molecule has 0 spiro atoms. The Balaban J connectivity index is 1.91. The van der Waals surface area contributed by atoms with Crippen molar-refractivity contribution in [2.75, 3.05) is 12.4 Å². The minimum absolute atomic E-state index is 0.0276. The van der Waals surface area contributed by atoms with Crippen LogP contribution in [0.3, 0.4) is 0 Å². The van der Waals surface area contributed by atoms with E-state index in [2.05, 4.69) is 10.6 Å². The first kappa shape index (κ1) is 19.8. The van der Waals surface area contributed by atoms with Crippen molar-refractivity contribution in [2.45, 2.75) is 64.1 Å². The van der Waals surface area contributed by atoms with E-state index in [1.165, 1.54) is 13.2 Å². The second-order valence-electron chi connectivity index (χ2n) is 7.48. The zero-order valence-electron chi connectivity index (χ0n) is 15.7. The molecule has 0 radical (unpaired) electrons. The van der Waals surface area contributed by atoms with Gasteiger partial charge in [-0.05, 0) is 52.5 Å². The summed E-state index contributed by atoms with van der Waals surface area (Å²) in [6, 6.07) is 4.83. The number of nitrogens with one attached hydrogen (secondary N) is 2. The van der Waals surface area contributed by atoms with Crippen LogP contribution in [0.2, 0.25) is 0 Å². The zero-order valence-corrected chi connectivity index (χ0v) is 15.7. The smallest absolute Gasteiger partial charge is 0.407 e. The Bertz CT molecular complexity index is 649. The molecular formula is C18H27N3O5. The van der Waals surface area contributed by atoms with Gasteiger partial charge >= 0.3 is 6.09 Å². The number of hydrogen-bond donors (Lipinski definition) is 2. The van der Waals surface area contributed by atoms with Crippen LogP contribution in [-0.4, -0.2) is 35.8 Å². The van der Waals surface area contributed by atoms with E-state index in [-0.39, 0.29) is 17.8 Å². The Labute approximate surface area is 153 Å². The number of carbonyl (C=O) groups is 1. The van der Waals surface area contributed by atoms with E-state index in [0.717, 1.165) is 25.7 Å². The minimum Gasteiger partial charge on any atom is -0.497 e. The van der Waals surface area contributed by atoms with Crippen LogP contribution in [0.1, 0.15) is 46.5 Å². The third-order valence-corrected chi connectivity index (χ3v) is 4.21. The average Bonchev–Trinajstić information content (AvgIpc) is 2.54.